The van der Waals surface area contributed by atoms with Crippen LogP contribution in [0.1, 0.15) is 12.0 Å². The molecule has 10 heteroatoms. The molecule has 0 saturated carbocycles. The van der Waals surface area contributed by atoms with Gasteiger partial charge in [-0.25, -0.2) is 9.97 Å². The molecule has 3 heterocycles. The third-order valence-corrected chi connectivity index (χ3v) is 7.08. The Balaban J connectivity index is 1.22. The number of hydrogen-bond donors (Lipinski definition) is 4. The topological polar surface area (TPSA) is 115 Å². The van der Waals surface area contributed by atoms with E-state index in [-0.39, 0.29) is 23.8 Å². The molecule has 1 aliphatic rings. The SMILES string of the molecule is C=CC(=O)Nc1ccc(CNC(=O)[C@@H]2C[C@H](Nc3ncc(Cl)c(-c4c[nH]c5ccccc45)n3)CN(C)C2)cc1. The summed E-state index contributed by atoms with van der Waals surface area (Å²) in [5.41, 5.74) is 4.19. The molecule has 0 bridgehead atoms. The van der Waals surface area contributed by atoms with Crippen molar-refractivity contribution in [3.8, 4) is 11.3 Å². The van der Waals surface area contributed by atoms with Gasteiger partial charge in [0.25, 0.3) is 0 Å². The normalized spacial score (nSPS) is 17.5. The molecule has 4 aromatic rings. The van der Waals surface area contributed by atoms with Crippen LogP contribution in [0.25, 0.3) is 22.2 Å². The molecule has 2 aromatic heterocycles. The predicted octanol–water partition coefficient (Wildman–Crippen LogP) is 4.45. The molecule has 1 aliphatic heterocycles. The molecule has 0 spiro atoms. The third kappa shape index (κ3) is 6.27. The number of likely N-dealkylation sites (tertiary alicyclic amines) is 1. The number of nitrogens with one attached hydrogen (secondary N) is 4. The van der Waals surface area contributed by atoms with Gasteiger partial charge < -0.3 is 25.8 Å². The first-order chi connectivity index (χ1) is 18.9. The largest absolute Gasteiger partial charge is 0.360 e. The van der Waals surface area contributed by atoms with Gasteiger partial charge >= 0.3 is 0 Å². The minimum Gasteiger partial charge on any atom is -0.360 e. The summed E-state index contributed by atoms with van der Waals surface area (Å²) in [6.45, 7) is 5.28. The number of carbonyl (C=O) groups is 2. The highest BCUT2D eigenvalue weighted by Crippen LogP contribution is 2.32. The van der Waals surface area contributed by atoms with E-state index in [0.29, 0.717) is 41.9 Å². The fourth-order valence-electron chi connectivity index (χ4n) is 4.92. The van der Waals surface area contributed by atoms with E-state index < -0.39 is 0 Å². The molecule has 2 atom stereocenters. The monoisotopic (exact) mass is 543 g/mol. The van der Waals surface area contributed by atoms with Gasteiger partial charge in [-0.05, 0) is 43.3 Å². The third-order valence-electron chi connectivity index (χ3n) is 6.80. The highest BCUT2D eigenvalue weighted by Gasteiger charge is 2.30. The molecule has 9 nitrogen and oxygen atoms in total. The molecule has 39 heavy (non-hydrogen) atoms. The lowest BCUT2D eigenvalue weighted by Gasteiger charge is -2.35. The van der Waals surface area contributed by atoms with Gasteiger partial charge in [0.1, 0.15) is 0 Å². The fourth-order valence-corrected chi connectivity index (χ4v) is 5.12. The van der Waals surface area contributed by atoms with E-state index in [4.69, 9.17) is 16.6 Å². The molecular formula is C29H30ClN7O2. The number of H-pyrrole nitrogens is 1. The van der Waals surface area contributed by atoms with Crippen molar-refractivity contribution in [2.45, 2.75) is 19.0 Å². The van der Waals surface area contributed by atoms with Gasteiger partial charge in [0, 0.05) is 54.0 Å². The minimum atomic E-state index is -0.265. The Morgan fingerprint density at radius 3 is 2.77 bits per heavy atom. The number of rotatable bonds is 8. The molecule has 0 radical (unpaired) electrons. The van der Waals surface area contributed by atoms with Crippen LogP contribution in [0.4, 0.5) is 11.6 Å². The number of halogens is 1. The van der Waals surface area contributed by atoms with Crippen LogP contribution in [-0.2, 0) is 16.1 Å². The molecule has 5 rings (SSSR count). The zero-order chi connectivity index (χ0) is 27.4. The Hall–Kier alpha value is -4.21. The fraction of sp³-hybridized carbons (Fsp3) is 0.241. The van der Waals surface area contributed by atoms with E-state index in [1.54, 1.807) is 18.3 Å². The number of carbonyl (C=O) groups excluding carboxylic acids is 2. The van der Waals surface area contributed by atoms with Crippen LogP contribution in [0.3, 0.4) is 0 Å². The van der Waals surface area contributed by atoms with E-state index in [0.717, 1.165) is 28.6 Å². The lowest BCUT2D eigenvalue weighted by molar-refractivity contribution is -0.126. The number of para-hydroxylation sites is 1. The van der Waals surface area contributed by atoms with Gasteiger partial charge in [-0.2, -0.15) is 0 Å². The minimum absolute atomic E-state index is 0.00565. The molecule has 4 N–H and O–H groups in total. The molecule has 1 saturated heterocycles. The molecular weight excluding hydrogens is 514 g/mol. The number of fused-ring (bicyclic) bond motifs is 1. The number of aromatic amines is 1. The van der Waals surface area contributed by atoms with Gasteiger partial charge in [-0.3, -0.25) is 9.59 Å². The zero-order valence-electron chi connectivity index (χ0n) is 21.6. The van der Waals surface area contributed by atoms with Gasteiger partial charge in [0.2, 0.25) is 17.8 Å². The maximum atomic E-state index is 13.1. The van der Waals surface area contributed by atoms with E-state index in [1.165, 1.54) is 6.08 Å². The summed E-state index contributed by atoms with van der Waals surface area (Å²) in [4.78, 5) is 39.1. The molecule has 2 aromatic carbocycles. The summed E-state index contributed by atoms with van der Waals surface area (Å²) >= 11 is 6.49. The summed E-state index contributed by atoms with van der Waals surface area (Å²) in [5.74, 6) is 0.0169. The van der Waals surface area contributed by atoms with Gasteiger partial charge in [0.05, 0.1) is 22.8 Å². The van der Waals surface area contributed by atoms with E-state index >= 15 is 0 Å². The van der Waals surface area contributed by atoms with Crippen molar-refractivity contribution in [1.82, 2.24) is 25.2 Å². The Bertz CT molecular complexity index is 1500. The van der Waals surface area contributed by atoms with E-state index in [9.17, 15) is 9.59 Å². The van der Waals surface area contributed by atoms with Crippen LogP contribution in [-0.4, -0.2) is 57.8 Å². The number of likely N-dealkylation sites (N-methyl/N-ethyl adjacent to an activating group) is 1. The Labute approximate surface area is 231 Å². The smallest absolute Gasteiger partial charge is 0.247 e. The van der Waals surface area contributed by atoms with Crippen molar-refractivity contribution in [3.05, 3.63) is 84.2 Å². The average Bonchev–Trinajstić information content (AvgIpc) is 3.37. The summed E-state index contributed by atoms with van der Waals surface area (Å²) in [6.07, 6.45) is 5.39. The van der Waals surface area contributed by atoms with Gasteiger partial charge in [-0.15, -0.1) is 0 Å². The van der Waals surface area contributed by atoms with Gasteiger partial charge in [0.15, 0.2) is 0 Å². The second kappa shape index (κ2) is 11.7. The number of aromatic nitrogens is 3. The van der Waals surface area contributed by atoms with Crippen LogP contribution in [0.2, 0.25) is 5.02 Å². The van der Waals surface area contributed by atoms with E-state index in [1.807, 2.05) is 49.6 Å². The maximum absolute atomic E-state index is 13.1. The summed E-state index contributed by atoms with van der Waals surface area (Å²) in [7, 11) is 2.00. The summed E-state index contributed by atoms with van der Waals surface area (Å²) < 4.78 is 0. The highest BCUT2D eigenvalue weighted by molar-refractivity contribution is 6.33. The lowest BCUT2D eigenvalue weighted by atomic mass is 9.93. The second-order valence-electron chi connectivity index (χ2n) is 9.74. The van der Waals surface area contributed by atoms with Crippen molar-refractivity contribution in [3.63, 3.8) is 0 Å². The number of benzene rings is 2. The van der Waals surface area contributed by atoms with Crippen molar-refractivity contribution in [2.75, 3.05) is 30.8 Å². The number of hydrogen-bond acceptors (Lipinski definition) is 6. The quantitative estimate of drug-likeness (QED) is 0.244. The van der Waals surface area contributed by atoms with Crippen LogP contribution in [0, 0.1) is 5.92 Å². The Morgan fingerprint density at radius 1 is 1.18 bits per heavy atom. The zero-order valence-corrected chi connectivity index (χ0v) is 22.3. The first-order valence-electron chi connectivity index (χ1n) is 12.7. The number of anilines is 2. The van der Waals surface area contributed by atoms with Crippen molar-refractivity contribution in [2.24, 2.45) is 5.92 Å². The van der Waals surface area contributed by atoms with Crippen molar-refractivity contribution < 1.29 is 9.59 Å². The number of piperidine rings is 1. The second-order valence-corrected chi connectivity index (χ2v) is 10.1. The van der Waals surface area contributed by atoms with Gasteiger partial charge in [-0.1, -0.05) is 48.5 Å². The van der Waals surface area contributed by atoms with Crippen LogP contribution in [0.15, 0.2) is 73.6 Å². The molecule has 200 valence electrons. The van der Waals surface area contributed by atoms with Crippen LogP contribution < -0.4 is 16.0 Å². The highest BCUT2D eigenvalue weighted by atomic mass is 35.5. The molecule has 0 unspecified atom stereocenters. The maximum Gasteiger partial charge on any atom is 0.247 e. The standard InChI is InChI=1S/C29H30ClN7O2/c1-3-26(38)34-20-10-8-18(9-11-20)13-32-28(39)19-12-21(17-37(2)16-19)35-29-33-15-24(30)27(36-29)23-14-31-25-7-5-4-6-22(23)25/h3-11,14-15,19,21,31H,1,12-13,16-17H2,2H3,(H,32,39)(H,34,38)(H,33,35,36)/t19-,21+/m1/s1. The average molecular weight is 544 g/mol. The van der Waals surface area contributed by atoms with Crippen molar-refractivity contribution in [1.29, 1.82) is 0 Å². The first-order valence-corrected chi connectivity index (χ1v) is 13.1. The Kier molecular flexibility index (Phi) is 7.90. The number of nitrogens with zero attached hydrogens (tertiary/aromatic N) is 3. The van der Waals surface area contributed by atoms with Crippen LogP contribution >= 0.6 is 11.6 Å². The summed E-state index contributed by atoms with van der Waals surface area (Å²) in [6, 6.07) is 15.3. The van der Waals surface area contributed by atoms with Crippen LogP contribution in [0.5, 0.6) is 0 Å². The first kappa shape index (κ1) is 26.4. The lowest BCUT2D eigenvalue weighted by Crippen LogP contribution is -2.49. The van der Waals surface area contributed by atoms with E-state index in [2.05, 4.69) is 37.4 Å². The van der Waals surface area contributed by atoms with Crippen molar-refractivity contribution >= 4 is 46.0 Å². The molecule has 0 aliphatic carbocycles. The molecule has 2 amide bonds. The Morgan fingerprint density at radius 2 is 1.97 bits per heavy atom. The molecule has 1 fully saturated rings. The predicted molar refractivity (Wildman–Crippen MR) is 154 cm³/mol. The number of amides is 2. The summed E-state index contributed by atoms with van der Waals surface area (Å²) in [5, 5.41) is 10.7.